The Labute approximate surface area is 133 Å². The summed E-state index contributed by atoms with van der Waals surface area (Å²) in [6.07, 6.45) is 0. The van der Waals surface area contributed by atoms with Crippen LogP contribution >= 0.6 is 0 Å². The number of benzene rings is 2. The number of carbonyl (C=O) groups is 1. The number of hydrogen-bond donors (Lipinski definition) is 1. The second-order valence-electron chi connectivity index (χ2n) is 4.85. The van der Waals surface area contributed by atoms with Gasteiger partial charge in [-0.25, -0.2) is 0 Å². The molecule has 1 amide bonds. The Bertz CT molecular complexity index is 662. The van der Waals surface area contributed by atoms with Crippen molar-refractivity contribution in [1.82, 2.24) is 5.32 Å². The molecule has 2 aromatic rings. The zero-order valence-corrected chi connectivity index (χ0v) is 12.8. The number of hydrogen-bond acceptors (Lipinski definition) is 3. The highest BCUT2D eigenvalue weighted by atomic mass is 19.3. The highest BCUT2D eigenvalue weighted by Crippen LogP contribution is 2.29. The molecule has 0 aromatic heterocycles. The molecule has 0 aliphatic rings. The molecule has 122 valence electrons. The van der Waals surface area contributed by atoms with Gasteiger partial charge in [-0.2, -0.15) is 8.78 Å². The second-order valence-corrected chi connectivity index (χ2v) is 4.85. The minimum Gasteiger partial charge on any atom is -0.493 e. The van der Waals surface area contributed by atoms with E-state index in [1.165, 1.54) is 25.3 Å². The molecule has 1 N–H and O–H groups in total. The molecule has 1 atom stereocenters. The largest absolute Gasteiger partial charge is 0.493 e. The van der Waals surface area contributed by atoms with Gasteiger partial charge in [0, 0.05) is 5.56 Å². The van der Waals surface area contributed by atoms with E-state index in [0.29, 0.717) is 5.56 Å². The molecule has 0 heterocycles. The van der Waals surface area contributed by atoms with Gasteiger partial charge in [0.25, 0.3) is 5.91 Å². The molecule has 0 unspecified atom stereocenters. The van der Waals surface area contributed by atoms with Crippen molar-refractivity contribution in [2.24, 2.45) is 0 Å². The summed E-state index contributed by atoms with van der Waals surface area (Å²) in [5.41, 5.74) is 1.26. The predicted molar refractivity (Wildman–Crippen MR) is 81.9 cm³/mol. The van der Waals surface area contributed by atoms with Crippen LogP contribution in [0, 0.1) is 0 Å². The van der Waals surface area contributed by atoms with Gasteiger partial charge < -0.3 is 14.8 Å². The second kappa shape index (κ2) is 7.58. The predicted octanol–water partition coefficient (Wildman–Crippen LogP) is 3.79. The first-order chi connectivity index (χ1) is 11.0. The lowest BCUT2D eigenvalue weighted by molar-refractivity contribution is -0.0512. The molecule has 0 radical (unpaired) electrons. The van der Waals surface area contributed by atoms with Crippen molar-refractivity contribution in [2.75, 3.05) is 7.11 Å². The molecule has 2 aromatic carbocycles. The Morgan fingerprint density at radius 1 is 1.09 bits per heavy atom. The summed E-state index contributed by atoms with van der Waals surface area (Å²) in [4.78, 5) is 12.3. The molecule has 0 bridgehead atoms. The third-order valence-electron chi connectivity index (χ3n) is 3.29. The van der Waals surface area contributed by atoms with Gasteiger partial charge in [0.15, 0.2) is 11.5 Å². The average molecular weight is 321 g/mol. The summed E-state index contributed by atoms with van der Waals surface area (Å²) in [5.74, 6) is -0.372. The third kappa shape index (κ3) is 4.42. The Morgan fingerprint density at radius 3 is 2.39 bits per heavy atom. The van der Waals surface area contributed by atoms with Crippen LogP contribution in [0.15, 0.2) is 48.5 Å². The van der Waals surface area contributed by atoms with E-state index in [0.717, 1.165) is 5.56 Å². The SMILES string of the molecule is COc1cc(C(=O)N[C@H](C)c2ccccc2)ccc1OC(F)F. The summed E-state index contributed by atoms with van der Waals surface area (Å²) >= 11 is 0. The number of halogens is 2. The maximum absolute atomic E-state index is 12.3. The summed E-state index contributed by atoms with van der Waals surface area (Å²) < 4.78 is 33.9. The summed E-state index contributed by atoms with van der Waals surface area (Å²) in [6, 6.07) is 13.4. The van der Waals surface area contributed by atoms with Gasteiger partial charge >= 0.3 is 6.61 Å². The number of ether oxygens (including phenoxy) is 2. The number of alkyl halides is 2. The van der Waals surface area contributed by atoms with Crippen LogP contribution in [0.5, 0.6) is 11.5 Å². The van der Waals surface area contributed by atoms with E-state index in [-0.39, 0.29) is 23.4 Å². The van der Waals surface area contributed by atoms with E-state index in [4.69, 9.17) is 4.74 Å². The zero-order chi connectivity index (χ0) is 16.8. The molecular formula is C17H17F2NO3. The Hall–Kier alpha value is -2.63. The Morgan fingerprint density at radius 2 is 1.78 bits per heavy atom. The fourth-order valence-electron chi connectivity index (χ4n) is 2.11. The lowest BCUT2D eigenvalue weighted by Crippen LogP contribution is -2.26. The standard InChI is InChI=1S/C17H17F2NO3/c1-11(12-6-4-3-5-7-12)20-16(21)13-8-9-14(23-17(18)19)15(10-13)22-2/h3-11,17H,1-2H3,(H,20,21)/t11-/m1/s1. The lowest BCUT2D eigenvalue weighted by atomic mass is 10.1. The number of carbonyl (C=O) groups excluding carboxylic acids is 1. The highest BCUT2D eigenvalue weighted by molar-refractivity contribution is 5.95. The van der Waals surface area contributed by atoms with Crippen LogP contribution in [0.2, 0.25) is 0 Å². The topological polar surface area (TPSA) is 47.6 Å². The van der Waals surface area contributed by atoms with Gasteiger partial charge in [-0.3, -0.25) is 4.79 Å². The zero-order valence-electron chi connectivity index (χ0n) is 12.8. The van der Waals surface area contributed by atoms with E-state index < -0.39 is 6.61 Å². The van der Waals surface area contributed by atoms with E-state index in [1.54, 1.807) is 0 Å². The van der Waals surface area contributed by atoms with Gasteiger partial charge in [-0.05, 0) is 30.7 Å². The molecule has 0 fully saturated rings. The van der Waals surface area contributed by atoms with Crippen molar-refractivity contribution in [3.05, 3.63) is 59.7 Å². The first-order valence-corrected chi connectivity index (χ1v) is 7.00. The number of rotatable bonds is 6. The van der Waals surface area contributed by atoms with Crippen molar-refractivity contribution >= 4 is 5.91 Å². The van der Waals surface area contributed by atoms with E-state index >= 15 is 0 Å². The molecule has 23 heavy (non-hydrogen) atoms. The Balaban J connectivity index is 2.13. The quantitative estimate of drug-likeness (QED) is 0.880. The van der Waals surface area contributed by atoms with Gasteiger partial charge in [0.05, 0.1) is 13.2 Å². The minimum atomic E-state index is -2.96. The smallest absolute Gasteiger partial charge is 0.387 e. The number of methoxy groups -OCH3 is 1. The monoisotopic (exact) mass is 321 g/mol. The molecule has 0 aliphatic carbocycles. The van der Waals surface area contributed by atoms with Crippen LogP contribution < -0.4 is 14.8 Å². The fraction of sp³-hybridized carbons (Fsp3) is 0.235. The number of nitrogens with one attached hydrogen (secondary N) is 1. The van der Waals surface area contributed by atoms with Crippen LogP contribution in [0.4, 0.5) is 8.78 Å². The summed E-state index contributed by atoms with van der Waals surface area (Å²) in [6.45, 7) is -1.10. The average Bonchev–Trinajstić information content (AvgIpc) is 2.55. The van der Waals surface area contributed by atoms with Crippen molar-refractivity contribution in [3.8, 4) is 11.5 Å². The van der Waals surface area contributed by atoms with Gasteiger partial charge in [0.1, 0.15) is 0 Å². The van der Waals surface area contributed by atoms with Gasteiger partial charge in [-0.15, -0.1) is 0 Å². The van der Waals surface area contributed by atoms with E-state index in [9.17, 15) is 13.6 Å². The fourth-order valence-corrected chi connectivity index (χ4v) is 2.11. The van der Waals surface area contributed by atoms with Gasteiger partial charge in [0.2, 0.25) is 0 Å². The van der Waals surface area contributed by atoms with Crippen molar-refractivity contribution in [2.45, 2.75) is 19.6 Å². The van der Waals surface area contributed by atoms with Crippen molar-refractivity contribution in [1.29, 1.82) is 0 Å². The molecule has 6 heteroatoms. The maximum Gasteiger partial charge on any atom is 0.387 e. The molecule has 0 aliphatic heterocycles. The molecule has 0 saturated heterocycles. The molecule has 0 saturated carbocycles. The van der Waals surface area contributed by atoms with E-state index in [2.05, 4.69) is 10.1 Å². The van der Waals surface area contributed by atoms with Crippen LogP contribution in [-0.4, -0.2) is 19.6 Å². The number of amides is 1. The van der Waals surface area contributed by atoms with Crippen LogP contribution in [-0.2, 0) is 0 Å². The van der Waals surface area contributed by atoms with Crippen LogP contribution in [0.3, 0.4) is 0 Å². The van der Waals surface area contributed by atoms with Crippen LogP contribution in [0.1, 0.15) is 28.9 Å². The molecular weight excluding hydrogens is 304 g/mol. The summed E-state index contributed by atoms with van der Waals surface area (Å²) in [7, 11) is 1.32. The van der Waals surface area contributed by atoms with E-state index in [1.807, 2.05) is 37.3 Å². The lowest BCUT2D eigenvalue weighted by Gasteiger charge is -2.15. The first-order valence-electron chi connectivity index (χ1n) is 7.00. The summed E-state index contributed by atoms with van der Waals surface area (Å²) in [5, 5.41) is 2.84. The van der Waals surface area contributed by atoms with Crippen molar-refractivity contribution in [3.63, 3.8) is 0 Å². The highest BCUT2D eigenvalue weighted by Gasteiger charge is 2.16. The minimum absolute atomic E-state index is 0.0744. The van der Waals surface area contributed by atoms with Gasteiger partial charge in [-0.1, -0.05) is 30.3 Å². The first kappa shape index (κ1) is 16.7. The van der Waals surface area contributed by atoms with Crippen LogP contribution in [0.25, 0.3) is 0 Å². The molecule has 4 nitrogen and oxygen atoms in total. The third-order valence-corrected chi connectivity index (χ3v) is 3.29. The Kier molecular flexibility index (Phi) is 5.51. The van der Waals surface area contributed by atoms with Crippen molar-refractivity contribution < 1.29 is 23.0 Å². The molecule has 0 spiro atoms. The maximum atomic E-state index is 12.3. The normalized spacial score (nSPS) is 11.9. The molecule has 2 rings (SSSR count).